The van der Waals surface area contributed by atoms with E-state index in [1.165, 1.54) is 0 Å². The molecule has 0 saturated carbocycles. The van der Waals surface area contributed by atoms with Crippen LogP contribution in [0.5, 0.6) is 0 Å². The Labute approximate surface area is 118 Å². The Morgan fingerprint density at radius 1 is 1.35 bits per heavy atom. The fourth-order valence-electron chi connectivity index (χ4n) is 1.92. The molecule has 0 saturated heterocycles. The summed E-state index contributed by atoms with van der Waals surface area (Å²) in [5.74, 6) is 0.312. The zero-order valence-corrected chi connectivity index (χ0v) is 12.3. The lowest BCUT2D eigenvalue weighted by Crippen LogP contribution is -2.13. The topological polar surface area (TPSA) is 76.0 Å². The van der Waals surface area contributed by atoms with Gasteiger partial charge < -0.3 is 9.88 Å². The smallest absolute Gasteiger partial charge is 0.264 e. The van der Waals surface area contributed by atoms with Gasteiger partial charge in [0.1, 0.15) is 10.7 Å². The number of hydrogen-bond donors (Lipinski definition) is 2. The summed E-state index contributed by atoms with van der Waals surface area (Å²) in [7, 11) is -1.78. The Morgan fingerprint density at radius 2 is 2.15 bits per heavy atom. The van der Waals surface area contributed by atoms with Gasteiger partial charge in [0.2, 0.25) is 0 Å². The molecule has 7 heteroatoms. The van der Waals surface area contributed by atoms with Crippen molar-refractivity contribution in [2.75, 3.05) is 11.8 Å². The van der Waals surface area contributed by atoms with Crippen LogP contribution in [0.1, 0.15) is 12.6 Å². The van der Waals surface area contributed by atoms with Crippen molar-refractivity contribution in [1.29, 1.82) is 0 Å². The summed E-state index contributed by atoms with van der Waals surface area (Å²) in [5, 5.41) is 3.02. The first-order chi connectivity index (χ1) is 9.56. The van der Waals surface area contributed by atoms with Gasteiger partial charge in [-0.1, -0.05) is 6.07 Å². The Kier molecular flexibility index (Phi) is 4.41. The number of pyridine rings is 1. The lowest BCUT2D eigenvalue weighted by Gasteiger charge is -2.04. The Morgan fingerprint density at radius 3 is 2.75 bits per heavy atom. The second kappa shape index (κ2) is 6.06. The van der Waals surface area contributed by atoms with E-state index in [4.69, 9.17) is 0 Å². The molecule has 0 amide bonds. The van der Waals surface area contributed by atoms with Crippen LogP contribution in [0.3, 0.4) is 0 Å². The third-order valence-corrected chi connectivity index (χ3v) is 4.20. The first-order valence-corrected chi connectivity index (χ1v) is 7.82. The Hall–Kier alpha value is -1.86. The third kappa shape index (κ3) is 3.17. The highest BCUT2D eigenvalue weighted by molar-refractivity contribution is 7.92. The zero-order valence-electron chi connectivity index (χ0n) is 11.5. The van der Waals surface area contributed by atoms with Crippen LogP contribution >= 0.6 is 0 Å². The summed E-state index contributed by atoms with van der Waals surface area (Å²) >= 11 is 0. The number of sulfonamides is 1. The second-order valence-electron chi connectivity index (χ2n) is 4.30. The number of anilines is 1. The molecule has 0 aromatic carbocycles. The quantitative estimate of drug-likeness (QED) is 0.845. The van der Waals surface area contributed by atoms with Gasteiger partial charge in [-0.25, -0.2) is 13.4 Å². The van der Waals surface area contributed by atoms with E-state index in [9.17, 15) is 8.42 Å². The summed E-state index contributed by atoms with van der Waals surface area (Å²) in [5.41, 5.74) is 0.927. The zero-order chi connectivity index (χ0) is 14.6. The molecule has 20 heavy (non-hydrogen) atoms. The molecule has 0 atom stereocenters. The summed E-state index contributed by atoms with van der Waals surface area (Å²) in [6.07, 6.45) is 3.18. The van der Waals surface area contributed by atoms with Crippen molar-refractivity contribution in [3.8, 4) is 0 Å². The molecule has 0 aliphatic rings. The molecule has 2 rings (SSSR count). The minimum atomic E-state index is -3.60. The molecule has 0 radical (unpaired) electrons. The second-order valence-corrected chi connectivity index (χ2v) is 5.99. The van der Waals surface area contributed by atoms with Gasteiger partial charge in [0.25, 0.3) is 10.0 Å². The van der Waals surface area contributed by atoms with Crippen LogP contribution in [0.2, 0.25) is 0 Å². The Balaban J connectivity index is 2.30. The maximum atomic E-state index is 12.3. The highest BCUT2D eigenvalue weighted by atomic mass is 32.2. The fourth-order valence-corrected chi connectivity index (χ4v) is 2.99. The van der Waals surface area contributed by atoms with E-state index in [1.54, 1.807) is 36.7 Å². The molecule has 2 heterocycles. The van der Waals surface area contributed by atoms with E-state index in [1.807, 2.05) is 18.5 Å². The highest BCUT2D eigenvalue weighted by Gasteiger charge is 2.18. The van der Waals surface area contributed by atoms with Gasteiger partial charge >= 0.3 is 0 Å². The summed E-state index contributed by atoms with van der Waals surface area (Å²) in [6, 6.07) is 6.75. The van der Waals surface area contributed by atoms with Crippen molar-refractivity contribution in [2.45, 2.75) is 24.9 Å². The molecule has 0 bridgehead atoms. The van der Waals surface area contributed by atoms with Crippen molar-refractivity contribution < 1.29 is 8.42 Å². The van der Waals surface area contributed by atoms with E-state index in [0.717, 1.165) is 12.2 Å². The molecule has 6 nitrogen and oxygen atoms in total. The van der Waals surface area contributed by atoms with Crippen LogP contribution in [0.25, 0.3) is 0 Å². The number of aromatic nitrogens is 2. The molecular weight excluding hydrogens is 276 g/mol. The number of rotatable bonds is 6. The molecule has 0 aliphatic heterocycles. The number of nitrogens with one attached hydrogen (secondary N) is 2. The van der Waals surface area contributed by atoms with Gasteiger partial charge in [0, 0.05) is 31.2 Å². The molecule has 2 N–H and O–H groups in total. The average molecular weight is 294 g/mol. The van der Waals surface area contributed by atoms with E-state index < -0.39 is 10.0 Å². The predicted octanol–water partition coefficient (Wildman–Crippen LogP) is 1.42. The molecule has 108 valence electrons. The van der Waals surface area contributed by atoms with Crippen LogP contribution in [0.15, 0.2) is 41.6 Å². The van der Waals surface area contributed by atoms with Crippen LogP contribution in [0, 0.1) is 0 Å². The summed E-state index contributed by atoms with van der Waals surface area (Å²) in [6.45, 7) is 3.31. The van der Waals surface area contributed by atoms with Crippen LogP contribution in [0.4, 0.5) is 5.82 Å². The molecule has 2 aromatic heterocycles. The maximum absolute atomic E-state index is 12.3. The van der Waals surface area contributed by atoms with E-state index >= 15 is 0 Å². The third-order valence-electron chi connectivity index (χ3n) is 2.87. The molecule has 0 unspecified atom stereocenters. The van der Waals surface area contributed by atoms with E-state index in [-0.39, 0.29) is 4.90 Å². The number of hydrogen-bond acceptors (Lipinski definition) is 4. The lowest BCUT2D eigenvalue weighted by atomic mass is 10.4. The van der Waals surface area contributed by atoms with Gasteiger partial charge in [0.05, 0.1) is 0 Å². The lowest BCUT2D eigenvalue weighted by molar-refractivity contribution is 0.600. The van der Waals surface area contributed by atoms with Crippen molar-refractivity contribution in [2.24, 2.45) is 0 Å². The predicted molar refractivity (Wildman–Crippen MR) is 77.9 cm³/mol. The monoisotopic (exact) mass is 294 g/mol. The van der Waals surface area contributed by atoms with Crippen molar-refractivity contribution in [3.63, 3.8) is 0 Å². The van der Waals surface area contributed by atoms with Crippen molar-refractivity contribution >= 4 is 15.8 Å². The molecule has 0 fully saturated rings. The largest absolute Gasteiger partial charge is 0.349 e. The fraction of sp³-hybridized carbons (Fsp3) is 0.308. The molecule has 0 aliphatic carbocycles. The molecule has 2 aromatic rings. The minimum Gasteiger partial charge on any atom is -0.349 e. The van der Waals surface area contributed by atoms with Gasteiger partial charge in [-0.2, -0.15) is 0 Å². The van der Waals surface area contributed by atoms with Crippen molar-refractivity contribution in [1.82, 2.24) is 14.9 Å². The summed E-state index contributed by atoms with van der Waals surface area (Å²) < 4.78 is 29.0. The molecule has 0 spiro atoms. The highest BCUT2D eigenvalue weighted by Crippen LogP contribution is 2.17. The SMILES string of the molecule is CCn1cc(S(=O)(=O)Nc2ccccn2)cc1CNC. The van der Waals surface area contributed by atoms with Crippen LogP contribution < -0.4 is 10.0 Å². The standard InChI is InChI=1S/C13H18N4O2S/c1-3-17-10-12(8-11(17)9-14-2)20(18,19)16-13-6-4-5-7-15-13/h4-8,10,14H,3,9H2,1-2H3,(H,15,16). The Bertz CT molecular complexity index is 665. The number of nitrogens with zero attached hydrogens (tertiary/aromatic N) is 2. The average Bonchev–Trinajstić information content (AvgIpc) is 2.84. The minimum absolute atomic E-state index is 0.246. The van der Waals surface area contributed by atoms with Gasteiger partial charge in [-0.15, -0.1) is 0 Å². The normalized spacial score (nSPS) is 11.5. The molecular formula is C13H18N4O2S. The maximum Gasteiger partial charge on any atom is 0.264 e. The van der Waals surface area contributed by atoms with Gasteiger partial charge in [-0.3, -0.25) is 4.72 Å². The van der Waals surface area contributed by atoms with E-state index in [2.05, 4.69) is 15.0 Å². The summed E-state index contributed by atoms with van der Waals surface area (Å²) in [4.78, 5) is 4.21. The van der Waals surface area contributed by atoms with Crippen LogP contribution in [-0.2, 0) is 23.1 Å². The van der Waals surface area contributed by atoms with Crippen molar-refractivity contribution in [3.05, 3.63) is 42.4 Å². The van der Waals surface area contributed by atoms with Gasteiger partial charge in [0.15, 0.2) is 0 Å². The van der Waals surface area contributed by atoms with E-state index in [0.29, 0.717) is 12.4 Å². The first kappa shape index (κ1) is 14.5. The number of aryl methyl sites for hydroxylation is 1. The van der Waals surface area contributed by atoms with Crippen LogP contribution in [-0.4, -0.2) is 25.0 Å². The first-order valence-electron chi connectivity index (χ1n) is 6.34. The van der Waals surface area contributed by atoms with Gasteiger partial charge in [-0.05, 0) is 32.2 Å².